The van der Waals surface area contributed by atoms with Gasteiger partial charge in [0.05, 0.1) is 22.8 Å². The summed E-state index contributed by atoms with van der Waals surface area (Å²) < 4.78 is 4.35. The fraction of sp³-hybridized carbons (Fsp3) is 0. The van der Waals surface area contributed by atoms with Crippen LogP contribution in [-0.4, -0.2) is 28.7 Å². The molecule has 0 spiro atoms. The van der Waals surface area contributed by atoms with E-state index in [4.69, 9.17) is 19.9 Å². The van der Waals surface area contributed by atoms with E-state index >= 15 is 0 Å². The first-order chi connectivity index (χ1) is 47.5. The number of pyridine rings is 4. The van der Waals surface area contributed by atoms with Crippen molar-refractivity contribution >= 4 is 43.6 Å². The predicted molar refractivity (Wildman–Crippen MR) is 397 cm³/mol. The summed E-state index contributed by atoms with van der Waals surface area (Å²) in [5.74, 6) is 0. The monoisotopic (exact) mass is 1220 g/mol. The van der Waals surface area contributed by atoms with Crippen LogP contribution < -0.4 is 0 Å². The molecule has 0 radical (unpaired) electrons. The second-order valence-electron chi connectivity index (χ2n) is 24.7. The van der Waals surface area contributed by atoms with Crippen LogP contribution in [0.2, 0.25) is 0 Å². The van der Waals surface area contributed by atoms with E-state index in [2.05, 4.69) is 288 Å². The standard InChI is InChI=1S/C90H58N6/c1-2-17-59(18-3-1)73-53-74(55-75(54-73)63-33-36-64(37-34-63)89-87(83-25-8-12-45-91-83)93-85-27-10-14-47-95(85)89)62-31-29-61(30-32-62)66-21-16-22-67(49-66)68-39-40-70-52-72(42-41-69(70)51-68)77-56-76(71-38-35-60-19-4-5-20-65(60)50-71)57-78(58-77)79-43-44-82(81-24-7-6-23-80(79)81)90-88(84-26-9-13-46-92-84)94-86-28-11-15-48-96(86)90/h1-58H. The molecule has 6 aromatic heterocycles. The Kier molecular flexibility index (Phi) is 13.8. The van der Waals surface area contributed by atoms with E-state index < -0.39 is 0 Å². The molecule has 0 saturated heterocycles. The average molecular weight is 1220 g/mol. The van der Waals surface area contributed by atoms with Crippen LogP contribution in [0.3, 0.4) is 0 Å². The van der Waals surface area contributed by atoms with Crippen molar-refractivity contribution in [2.24, 2.45) is 0 Å². The Morgan fingerprint density at radius 2 is 0.573 bits per heavy atom. The van der Waals surface area contributed by atoms with Crippen molar-refractivity contribution in [3.8, 4) is 134 Å². The lowest BCUT2D eigenvalue weighted by atomic mass is 9.88. The lowest BCUT2D eigenvalue weighted by molar-refractivity contribution is 1.19. The van der Waals surface area contributed by atoms with Gasteiger partial charge in [0.15, 0.2) is 0 Å². The van der Waals surface area contributed by atoms with Crippen LogP contribution >= 0.6 is 0 Å². The Hall–Kier alpha value is -12.9. The second kappa shape index (κ2) is 23.7. The van der Waals surface area contributed by atoms with Gasteiger partial charge >= 0.3 is 0 Å². The number of imidazole rings is 2. The van der Waals surface area contributed by atoms with E-state index in [0.717, 1.165) is 123 Å². The van der Waals surface area contributed by atoms with Crippen LogP contribution in [0.5, 0.6) is 0 Å². The zero-order chi connectivity index (χ0) is 63.5. The summed E-state index contributed by atoms with van der Waals surface area (Å²) in [5.41, 5.74) is 27.9. The highest BCUT2D eigenvalue weighted by Crippen LogP contribution is 2.44. The van der Waals surface area contributed by atoms with Gasteiger partial charge in [-0.15, -0.1) is 0 Å². The number of hydrogen-bond donors (Lipinski definition) is 0. The first-order valence-corrected chi connectivity index (χ1v) is 32.5. The minimum atomic E-state index is 0.839. The quantitative estimate of drug-likeness (QED) is 0.122. The largest absolute Gasteiger partial charge is 0.299 e. The molecule has 0 N–H and O–H groups in total. The van der Waals surface area contributed by atoms with Gasteiger partial charge in [-0.1, -0.05) is 218 Å². The third kappa shape index (κ3) is 10.3. The van der Waals surface area contributed by atoms with Crippen molar-refractivity contribution in [2.75, 3.05) is 0 Å². The highest BCUT2D eigenvalue weighted by Gasteiger charge is 2.22. The SMILES string of the molecule is c1ccc(-c2cc(-c3ccc(-c4cccc(-c5ccc6cc(-c7cc(-c8ccc9ccccc9c8)cc(-c8ccc(-c9c(-c%10ccccn%10)nc%10ccccn9%10)c9ccccc89)c7)ccc6c5)c4)cc3)cc(-c3ccc(-c4c(-c5ccccn5)nc5ccccn45)cc3)c2)cc1. The summed E-state index contributed by atoms with van der Waals surface area (Å²) in [6.45, 7) is 0. The number of nitrogens with zero attached hydrogens (tertiary/aromatic N) is 6. The molecule has 96 heavy (non-hydrogen) atoms. The van der Waals surface area contributed by atoms with Gasteiger partial charge in [-0.2, -0.15) is 0 Å². The molecule has 0 aliphatic rings. The molecule has 0 aliphatic heterocycles. The summed E-state index contributed by atoms with van der Waals surface area (Å²) in [7, 11) is 0. The molecule has 0 fully saturated rings. The van der Waals surface area contributed by atoms with Crippen LogP contribution in [-0.2, 0) is 0 Å². The van der Waals surface area contributed by atoms with E-state index in [0.29, 0.717) is 0 Å². The van der Waals surface area contributed by atoms with Gasteiger partial charge < -0.3 is 0 Å². The maximum Gasteiger partial charge on any atom is 0.138 e. The van der Waals surface area contributed by atoms with Gasteiger partial charge in [0, 0.05) is 35.9 Å². The molecule has 0 amide bonds. The highest BCUT2D eigenvalue weighted by atomic mass is 15.0. The Bertz CT molecular complexity index is 5990. The topological polar surface area (TPSA) is 60.4 Å². The van der Waals surface area contributed by atoms with Crippen LogP contribution in [0.1, 0.15) is 0 Å². The molecule has 18 aromatic rings. The fourth-order valence-corrected chi connectivity index (χ4v) is 14.0. The van der Waals surface area contributed by atoms with Crippen LogP contribution in [0.4, 0.5) is 0 Å². The maximum absolute atomic E-state index is 5.16. The molecule has 6 heteroatoms. The molecule has 0 aliphatic carbocycles. The van der Waals surface area contributed by atoms with Gasteiger partial charge in [-0.25, -0.2) is 9.97 Å². The van der Waals surface area contributed by atoms with Gasteiger partial charge in [-0.05, 0) is 231 Å². The Morgan fingerprint density at radius 1 is 0.208 bits per heavy atom. The summed E-state index contributed by atoms with van der Waals surface area (Å²) >= 11 is 0. The molecule has 0 saturated carbocycles. The lowest BCUT2D eigenvalue weighted by Gasteiger charge is -2.16. The van der Waals surface area contributed by atoms with Gasteiger partial charge in [0.25, 0.3) is 0 Å². The molecule has 6 nitrogen and oxygen atoms in total. The summed E-state index contributed by atoms with van der Waals surface area (Å²) in [4.78, 5) is 19.7. The number of aromatic nitrogens is 6. The number of fused-ring (bicyclic) bond motifs is 5. The maximum atomic E-state index is 5.16. The van der Waals surface area contributed by atoms with Crippen molar-refractivity contribution in [1.82, 2.24) is 28.7 Å². The van der Waals surface area contributed by atoms with Crippen molar-refractivity contribution < 1.29 is 0 Å². The lowest BCUT2D eigenvalue weighted by Crippen LogP contribution is -1.93. The minimum Gasteiger partial charge on any atom is -0.299 e. The smallest absolute Gasteiger partial charge is 0.138 e. The van der Waals surface area contributed by atoms with Crippen molar-refractivity contribution in [3.05, 3.63) is 352 Å². The molecule has 0 unspecified atom stereocenters. The van der Waals surface area contributed by atoms with Crippen LogP contribution in [0, 0.1) is 0 Å². The van der Waals surface area contributed by atoms with E-state index in [1.54, 1.807) is 0 Å². The number of benzene rings is 12. The van der Waals surface area contributed by atoms with E-state index in [1.807, 2.05) is 73.1 Å². The number of hydrogen-bond acceptors (Lipinski definition) is 4. The predicted octanol–water partition coefficient (Wildman–Crippen LogP) is 23.2. The zero-order valence-corrected chi connectivity index (χ0v) is 52.2. The molecule has 0 atom stereocenters. The van der Waals surface area contributed by atoms with Crippen molar-refractivity contribution in [1.29, 1.82) is 0 Å². The molecule has 0 bridgehead atoms. The van der Waals surface area contributed by atoms with Gasteiger partial charge in [0.1, 0.15) is 22.7 Å². The molecule has 18 rings (SSSR count). The fourth-order valence-electron chi connectivity index (χ4n) is 14.0. The van der Waals surface area contributed by atoms with Crippen molar-refractivity contribution in [2.45, 2.75) is 0 Å². The normalized spacial score (nSPS) is 11.5. The van der Waals surface area contributed by atoms with Crippen molar-refractivity contribution in [3.63, 3.8) is 0 Å². The number of rotatable bonds is 12. The first-order valence-electron chi connectivity index (χ1n) is 32.5. The second-order valence-corrected chi connectivity index (χ2v) is 24.7. The molecule has 6 heterocycles. The third-order valence-corrected chi connectivity index (χ3v) is 18.8. The average Bonchev–Trinajstić information content (AvgIpc) is 1.47. The summed E-state index contributed by atoms with van der Waals surface area (Å²) in [6, 6.07) is 118. The van der Waals surface area contributed by atoms with E-state index in [9.17, 15) is 0 Å². The van der Waals surface area contributed by atoms with Crippen LogP contribution in [0.25, 0.3) is 178 Å². The molecule has 12 aromatic carbocycles. The summed E-state index contributed by atoms with van der Waals surface area (Å²) in [6.07, 6.45) is 7.84. The van der Waals surface area contributed by atoms with Crippen LogP contribution in [0.15, 0.2) is 352 Å². The minimum absolute atomic E-state index is 0.839. The van der Waals surface area contributed by atoms with Gasteiger partial charge in [-0.3, -0.25) is 18.8 Å². The Labute approximate surface area is 555 Å². The highest BCUT2D eigenvalue weighted by molar-refractivity contribution is 6.07. The Morgan fingerprint density at radius 3 is 1.15 bits per heavy atom. The molecule has 448 valence electrons. The van der Waals surface area contributed by atoms with E-state index in [-0.39, 0.29) is 0 Å². The van der Waals surface area contributed by atoms with E-state index in [1.165, 1.54) is 54.9 Å². The first kappa shape index (κ1) is 55.9. The summed E-state index contributed by atoms with van der Waals surface area (Å²) in [5, 5.41) is 7.11. The molecular weight excluding hydrogens is 1170 g/mol. The molecular formula is C90H58N6. The zero-order valence-electron chi connectivity index (χ0n) is 52.2. The third-order valence-electron chi connectivity index (χ3n) is 18.8. The Balaban J connectivity index is 0.660. The van der Waals surface area contributed by atoms with Gasteiger partial charge in [0.2, 0.25) is 0 Å².